The zero-order chi connectivity index (χ0) is 18.0. The maximum absolute atomic E-state index is 13.9. The predicted molar refractivity (Wildman–Crippen MR) is 89.9 cm³/mol. The van der Waals surface area contributed by atoms with Crippen LogP contribution in [0, 0.1) is 12.7 Å². The monoisotopic (exact) mass is 362 g/mol. The number of aromatic nitrogens is 3. The van der Waals surface area contributed by atoms with Crippen molar-refractivity contribution in [1.82, 2.24) is 14.9 Å². The number of rotatable bonds is 5. The van der Waals surface area contributed by atoms with Crippen LogP contribution in [0.15, 0.2) is 39.9 Å². The van der Waals surface area contributed by atoms with Gasteiger partial charge in [-0.1, -0.05) is 23.9 Å². The lowest BCUT2D eigenvalue weighted by Gasteiger charge is -2.03. The van der Waals surface area contributed by atoms with Crippen molar-refractivity contribution in [2.45, 2.75) is 17.8 Å². The lowest BCUT2D eigenvalue weighted by molar-refractivity contribution is 0.0599. The molecule has 2 N–H and O–H groups in total. The first-order valence-corrected chi connectivity index (χ1v) is 8.25. The predicted octanol–water partition coefficient (Wildman–Crippen LogP) is 2.78. The number of hydrogen-bond donors (Lipinski definition) is 1. The van der Waals surface area contributed by atoms with E-state index in [4.69, 9.17) is 10.3 Å². The lowest BCUT2D eigenvalue weighted by atomic mass is 10.2. The highest BCUT2D eigenvalue weighted by Crippen LogP contribution is 2.27. The quantitative estimate of drug-likeness (QED) is 0.423. The van der Waals surface area contributed by atoms with Crippen LogP contribution in [-0.4, -0.2) is 28.0 Å². The normalized spacial score (nSPS) is 10.8. The van der Waals surface area contributed by atoms with Crippen LogP contribution >= 0.6 is 11.8 Å². The molecule has 0 aliphatic carbocycles. The van der Waals surface area contributed by atoms with Crippen molar-refractivity contribution in [1.29, 1.82) is 0 Å². The van der Waals surface area contributed by atoms with Crippen LogP contribution in [0.2, 0.25) is 0 Å². The molecule has 7 nitrogen and oxygen atoms in total. The Labute approximate surface area is 147 Å². The van der Waals surface area contributed by atoms with Gasteiger partial charge in [0.15, 0.2) is 5.82 Å². The standard InChI is InChI=1S/C16H15FN4O3S/c1-9-12(15(22)23-2)7-10(24-9)8-25-16-20-19-14(21(16)18)11-5-3-4-6-13(11)17/h3-7H,8,18H2,1-2H3. The first-order valence-electron chi connectivity index (χ1n) is 7.27. The van der Waals surface area contributed by atoms with E-state index in [1.165, 1.54) is 29.6 Å². The van der Waals surface area contributed by atoms with Crippen molar-refractivity contribution in [2.24, 2.45) is 0 Å². The molecule has 0 bridgehead atoms. The van der Waals surface area contributed by atoms with E-state index in [1.807, 2.05) is 0 Å². The van der Waals surface area contributed by atoms with Crippen LogP contribution < -0.4 is 5.84 Å². The van der Waals surface area contributed by atoms with Crippen LogP contribution in [0.5, 0.6) is 0 Å². The van der Waals surface area contributed by atoms with Crippen molar-refractivity contribution in [3.05, 3.63) is 53.2 Å². The fraction of sp³-hybridized carbons (Fsp3) is 0.188. The molecule has 0 unspecified atom stereocenters. The number of benzene rings is 1. The third kappa shape index (κ3) is 3.36. The van der Waals surface area contributed by atoms with Crippen molar-refractivity contribution in [2.75, 3.05) is 13.0 Å². The summed E-state index contributed by atoms with van der Waals surface area (Å²) in [5.41, 5.74) is 0.644. The fourth-order valence-corrected chi connectivity index (χ4v) is 3.00. The molecule has 0 atom stereocenters. The van der Waals surface area contributed by atoms with Gasteiger partial charge in [-0.3, -0.25) is 0 Å². The second kappa shape index (κ2) is 6.98. The number of nitrogen functional groups attached to an aromatic ring is 1. The van der Waals surface area contributed by atoms with Gasteiger partial charge in [0.1, 0.15) is 22.9 Å². The van der Waals surface area contributed by atoms with E-state index in [1.54, 1.807) is 31.2 Å². The molecular formula is C16H15FN4O3S. The van der Waals surface area contributed by atoms with Crippen LogP contribution in [0.1, 0.15) is 21.9 Å². The molecule has 0 saturated carbocycles. The van der Waals surface area contributed by atoms with Gasteiger partial charge in [-0.25, -0.2) is 13.9 Å². The van der Waals surface area contributed by atoms with Crippen molar-refractivity contribution < 1.29 is 18.3 Å². The Morgan fingerprint density at radius 1 is 1.40 bits per heavy atom. The molecule has 3 rings (SSSR count). The molecule has 0 amide bonds. The Morgan fingerprint density at radius 3 is 2.88 bits per heavy atom. The molecule has 0 fully saturated rings. The summed E-state index contributed by atoms with van der Waals surface area (Å²) in [7, 11) is 1.31. The second-order valence-electron chi connectivity index (χ2n) is 5.12. The Balaban J connectivity index is 1.77. The van der Waals surface area contributed by atoms with Crippen LogP contribution in [0.3, 0.4) is 0 Å². The summed E-state index contributed by atoms with van der Waals surface area (Å²) in [6.07, 6.45) is 0. The zero-order valence-electron chi connectivity index (χ0n) is 13.5. The molecule has 0 aliphatic heterocycles. The first-order chi connectivity index (χ1) is 12.0. The van der Waals surface area contributed by atoms with E-state index in [0.717, 1.165) is 0 Å². The maximum atomic E-state index is 13.9. The minimum Gasteiger partial charge on any atom is -0.465 e. The van der Waals surface area contributed by atoms with Crippen molar-refractivity contribution in [3.63, 3.8) is 0 Å². The lowest BCUT2D eigenvalue weighted by Crippen LogP contribution is -2.12. The number of nitrogens with zero attached hydrogens (tertiary/aromatic N) is 3. The highest BCUT2D eigenvalue weighted by atomic mass is 32.2. The molecule has 0 aliphatic rings. The highest BCUT2D eigenvalue weighted by molar-refractivity contribution is 7.98. The van der Waals surface area contributed by atoms with Crippen LogP contribution in [-0.2, 0) is 10.5 Å². The third-order valence-electron chi connectivity index (χ3n) is 3.50. The summed E-state index contributed by atoms with van der Waals surface area (Å²) in [5, 5.41) is 8.32. The number of ether oxygens (including phenoxy) is 1. The van der Waals surface area contributed by atoms with Gasteiger partial charge in [0.25, 0.3) is 0 Å². The Morgan fingerprint density at radius 2 is 2.16 bits per heavy atom. The van der Waals surface area contributed by atoms with Gasteiger partial charge in [-0.2, -0.15) is 0 Å². The summed E-state index contributed by atoms with van der Waals surface area (Å²) in [6.45, 7) is 1.68. The summed E-state index contributed by atoms with van der Waals surface area (Å²) in [6, 6.07) is 7.80. The van der Waals surface area contributed by atoms with Gasteiger partial charge < -0.3 is 15.0 Å². The Hall–Kier alpha value is -2.81. The summed E-state index contributed by atoms with van der Waals surface area (Å²) in [4.78, 5) is 11.6. The second-order valence-corrected chi connectivity index (χ2v) is 6.06. The molecule has 0 saturated heterocycles. The van der Waals surface area contributed by atoms with Gasteiger partial charge in [0.2, 0.25) is 5.16 Å². The number of esters is 1. The van der Waals surface area contributed by atoms with E-state index < -0.39 is 11.8 Å². The molecule has 25 heavy (non-hydrogen) atoms. The number of carbonyl (C=O) groups is 1. The van der Waals surface area contributed by atoms with E-state index >= 15 is 0 Å². The molecule has 1 aromatic carbocycles. The summed E-state index contributed by atoms with van der Waals surface area (Å²) in [5.74, 6) is 6.74. The van der Waals surface area contributed by atoms with Crippen LogP contribution in [0.4, 0.5) is 4.39 Å². The van der Waals surface area contributed by atoms with E-state index in [-0.39, 0.29) is 11.4 Å². The topological polar surface area (TPSA) is 96.2 Å². The van der Waals surface area contributed by atoms with Gasteiger partial charge in [-0.05, 0) is 25.1 Å². The minimum absolute atomic E-state index is 0.228. The Bertz CT molecular complexity index is 922. The van der Waals surface area contributed by atoms with Crippen LogP contribution in [0.25, 0.3) is 11.4 Å². The molecule has 0 radical (unpaired) electrons. The molecular weight excluding hydrogens is 347 g/mol. The number of nitrogens with two attached hydrogens (primary N) is 1. The number of thioether (sulfide) groups is 1. The third-order valence-corrected chi connectivity index (χ3v) is 4.46. The molecule has 0 spiro atoms. The molecule has 2 heterocycles. The van der Waals surface area contributed by atoms with Crippen molar-refractivity contribution in [3.8, 4) is 11.4 Å². The number of methoxy groups -OCH3 is 1. The average Bonchev–Trinajstić information content (AvgIpc) is 3.15. The van der Waals surface area contributed by atoms with Gasteiger partial charge in [0, 0.05) is 0 Å². The minimum atomic E-state index is -0.457. The Kier molecular flexibility index (Phi) is 4.75. The largest absolute Gasteiger partial charge is 0.465 e. The van der Waals surface area contributed by atoms with Gasteiger partial charge in [-0.15, -0.1) is 10.2 Å². The molecule has 9 heteroatoms. The average molecular weight is 362 g/mol. The number of aryl methyl sites for hydroxylation is 1. The first kappa shape index (κ1) is 17.0. The fourth-order valence-electron chi connectivity index (χ4n) is 2.26. The molecule has 2 aromatic heterocycles. The number of hydrogen-bond acceptors (Lipinski definition) is 7. The number of furan rings is 1. The number of carbonyl (C=O) groups excluding carboxylic acids is 1. The SMILES string of the molecule is COC(=O)c1cc(CSc2nnc(-c3ccccc3F)n2N)oc1C. The molecule has 3 aromatic rings. The van der Waals surface area contributed by atoms with Crippen molar-refractivity contribution >= 4 is 17.7 Å². The summed E-state index contributed by atoms with van der Waals surface area (Å²) >= 11 is 1.26. The van der Waals surface area contributed by atoms with Gasteiger partial charge in [0.05, 0.1) is 18.4 Å². The maximum Gasteiger partial charge on any atom is 0.341 e. The van der Waals surface area contributed by atoms with E-state index in [2.05, 4.69) is 14.9 Å². The summed E-state index contributed by atoms with van der Waals surface area (Å²) < 4.78 is 25.3. The smallest absolute Gasteiger partial charge is 0.341 e. The molecule has 130 valence electrons. The van der Waals surface area contributed by atoms with E-state index in [0.29, 0.717) is 28.0 Å². The zero-order valence-corrected chi connectivity index (χ0v) is 14.3. The van der Waals surface area contributed by atoms with Gasteiger partial charge >= 0.3 is 5.97 Å². The van der Waals surface area contributed by atoms with E-state index in [9.17, 15) is 9.18 Å². The highest BCUT2D eigenvalue weighted by Gasteiger charge is 2.18. The number of halogens is 1.